The molecular weight excluding hydrogens is 262 g/mol. The summed E-state index contributed by atoms with van der Waals surface area (Å²) < 4.78 is 7.75. The van der Waals surface area contributed by atoms with Crippen LogP contribution in [0.2, 0.25) is 0 Å². The summed E-state index contributed by atoms with van der Waals surface area (Å²) in [6.45, 7) is 3.98. The normalized spacial score (nSPS) is 11.5. The third-order valence-corrected chi connectivity index (χ3v) is 3.89. The van der Waals surface area contributed by atoms with Crippen LogP contribution in [0.3, 0.4) is 0 Å². The van der Waals surface area contributed by atoms with Crippen molar-refractivity contribution in [2.24, 2.45) is 0 Å². The highest BCUT2D eigenvalue weighted by Gasteiger charge is 2.19. The fourth-order valence-electron chi connectivity index (χ4n) is 2.87. The highest BCUT2D eigenvalue weighted by molar-refractivity contribution is 5.97. The standard InChI is InChI=1S/C17H15N3O/c1-10-6-5-9-20-16(18)15(19-17(10)20)14-11(2)21-13-8-4-3-7-12(13)14/h3-9H,18H2,1-2H3. The van der Waals surface area contributed by atoms with Crippen molar-refractivity contribution in [3.05, 3.63) is 53.9 Å². The monoisotopic (exact) mass is 277 g/mol. The van der Waals surface area contributed by atoms with Gasteiger partial charge >= 0.3 is 0 Å². The first-order chi connectivity index (χ1) is 10.2. The van der Waals surface area contributed by atoms with E-state index in [0.29, 0.717) is 5.82 Å². The second-order valence-electron chi connectivity index (χ2n) is 5.26. The molecule has 0 saturated heterocycles. The molecule has 0 atom stereocenters. The SMILES string of the molecule is Cc1oc2ccccc2c1-c1nc2c(C)cccn2c1N. The van der Waals surface area contributed by atoms with Crippen LogP contribution < -0.4 is 5.73 Å². The van der Waals surface area contributed by atoms with Gasteiger partial charge < -0.3 is 10.2 Å². The fraction of sp³-hybridized carbons (Fsp3) is 0.118. The van der Waals surface area contributed by atoms with E-state index in [0.717, 1.165) is 39.2 Å². The Bertz CT molecular complexity index is 978. The van der Waals surface area contributed by atoms with Crippen LogP contribution in [-0.4, -0.2) is 9.38 Å². The van der Waals surface area contributed by atoms with Crippen LogP contribution in [0.15, 0.2) is 47.0 Å². The van der Waals surface area contributed by atoms with Gasteiger partial charge in [0, 0.05) is 11.6 Å². The van der Waals surface area contributed by atoms with Crippen molar-refractivity contribution in [1.82, 2.24) is 9.38 Å². The molecule has 0 amide bonds. The lowest BCUT2D eigenvalue weighted by Crippen LogP contribution is -1.94. The fourth-order valence-corrected chi connectivity index (χ4v) is 2.87. The summed E-state index contributed by atoms with van der Waals surface area (Å²) in [5, 5.41) is 1.04. The van der Waals surface area contributed by atoms with Crippen molar-refractivity contribution in [2.45, 2.75) is 13.8 Å². The van der Waals surface area contributed by atoms with Gasteiger partial charge in [0.25, 0.3) is 0 Å². The van der Waals surface area contributed by atoms with Crippen LogP contribution in [0.4, 0.5) is 5.82 Å². The number of anilines is 1. The lowest BCUT2D eigenvalue weighted by atomic mass is 10.1. The number of nitrogens with two attached hydrogens (primary N) is 1. The van der Waals surface area contributed by atoms with Gasteiger partial charge in [-0.1, -0.05) is 24.3 Å². The predicted octanol–water partition coefficient (Wildman–Crippen LogP) is 3.95. The first kappa shape index (κ1) is 12.0. The average molecular weight is 277 g/mol. The number of aryl methyl sites for hydroxylation is 2. The summed E-state index contributed by atoms with van der Waals surface area (Å²) in [6.07, 6.45) is 1.94. The number of imidazole rings is 1. The van der Waals surface area contributed by atoms with Gasteiger partial charge in [-0.15, -0.1) is 0 Å². The Morgan fingerprint density at radius 2 is 1.90 bits per heavy atom. The molecule has 4 rings (SSSR count). The maximum absolute atomic E-state index is 6.32. The Morgan fingerprint density at radius 3 is 2.71 bits per heavy atom. The zero-order chi connectivity index (χ0) is 14.6. The summed E-state index contributed by atoms with van der Waals surface area (Å²) in [5.41, 5.74) is 10.9. The minimum Gasteiger partial charge on any atom is -0.461 e. The van der Waals surface area contributed by atoms with E-state index in [9.17, 15) is 0 Å². The number of hydrogen-bond donors (Lipinski definition) is 1. The first-order valence-electron chi connectivity index (χ1n) is 6.88. The van der Waals surface area contributed by atoms with Crippen LogP contribution in [0.1, 0.15) is 11.3 Å². The second-order valence-corrected chi connectivity index (χ2v) is 5.26. The highest BCUT2D eigenvalue weighted by Crippen LogP contribution is 2.37. The third-order valence-electron chi connectivity index (χ3n) is 3.89. The van der Waals surface area contributed by atoms with Crippen LogP contribution in [0.5, 0.6) is 0 Å². The van der Waals surface area contributed by atoms with E-state index in [1.807, 2.05) is 60.8 Å². The Hall–Kier alpha value is -2.75. The Morgan fingerprint density at radius 1 is 1.10 bits per heavy atom. The van der Waals surface area contributed by atoms with Crippen molar-refractivity contribution >= 4 is 22.4 Å². The van der Waals surface area contributed by atoms with Crippen molar-refractivity contribution in [3.8, 4) is 11.3 Å². The van der Waals surface area contributed by atoms with Crippen LogP contribution in [0, 0.1) is 13.8 Å². The minimum atomic E-state index is 0.642. The largest absolute Gasteiger partial charge is 0.461 e. The molecule has 0 bridgehead atoms. The van der Waals surface area contributed by atoms with Gasteiger partial charge in [-0.05, 0) is 31.5 Å². The van der Waals surface area contributed by atoms with E-state index >= 15 is 0 Å². The molecule has 104 valence electrons. The van der Waals surface area contributed by atoms with Crippen LogP contribution >= 0.6 is 0 Å². The predicted molar refractivity (Wildman–Crippen MR) is 84.3 cm³/mol. The molecule has 3 heterocycles. The molecular formula is C17H15N3O. The van der Waals surface area contributed by atoms with Crippen molar-refractivity contribution in [1.29, 1.82) is 0 Å². The quantitative estimate of drug-likeness (QED) is 0.573. The van der Waals surface area contributed by atoms with E-state index in [1.165, 1.54) is 0 Å². The van der Waals surface area contributed by atoms with Crippen molar-refractivity contribution in [2.75, 3.05) is 5.73 Å². The van der Waals surface area contributed by atoms with Gasteiger partial charge in [0.1, 0.15) is 28.5 Å². The van der Waals surface area contributed by atoms with E-state index < -0.39 is 0 Å². The molecule has 0 aliphatic heterocycles. The molecule has 0 fully saturated rings. The molecule has 4 nitrogen and oxygen atoms in total. The highest BCUT2D eigenvalue weighted by atomic mass is 16.3. The number of fused-ring (bicyclic) bond motifs is 2. The average Bonchev–Trinajstić information content (AvgIpc) is 2.97. The molecule has 1 aromatic carbocycles. The number of hydrogen-bond acceptors (Lipinski definition) is 3. The summed E-state index contributed by atoms with van der Waals surface area (Å²) in [5.74, 6) is 1.48. The molecule has 0 saturated carbocycles. The number of pyridine rings is 1. The summed E-state index contributed by atoms with van der Waals surface area (Å²) in [6, 6.07) is 12.0. The summed E-state index contributed by atoms with van der Waals surface area (Å²) in [4.78, 5) is 4.74. The Balaban J connectivity index is 2.12. The third kappa shape index (κ3) is 1.59. The van der Waals surface area contributed by atoms with Crippen molar-refractivity contribution < 1.29 is 4.42 Å². The second kappa shape index (κ2) is 4.12. The molecule has 0 radical (unpaired) electrons. The van der Waals surface area contributed by atoms with Gasteiger partial charge in [0.15, 0.2) is 0 Å². The topological polar surface area (TPSA) is 56.5 Å². The van der Waals surface area contributed by atoms with Crippen LogP contribution in [-0.2, 0) is 0 Å². The number of nitrogens with zero attached hydrogens (tertiary/aromatic N) is 2. The van der Waals surface area contributed by atoms with E-state index in [-0.39, 0.29) is 0 Å². The van der Waals surface area contributed by atoms with Crippen LogP contribution in [0.25, 0.3) is 27.9 Å². The Kier molecular flexibility index (Phi) is 2.36. The molecule has 3 aromatic heterocycles. The number of furan rings is 1. The number of benzene rings is 1. The maximum Gasteiger partial charge on any atom is 0.142 e. The zero-order valence-corrected chi connectivity index (χ0v) is 11.9. The lowest BCUT2D eigenvalue weighted by Gasteiger charge is -1.99. The molecule has 2 N–H and O–H groups in total. The molecule has 0 spiro atoms. The smallest absolute Gasteiger partial charge is 0.142 e. The van der Waals surface area contributed by atoms with Gasteiger partial charge in [-0.2, -0.15) is 0 Å². The van der Waals surface area contributed by atoms with E-state index in [1.54, 1.807) is 0 Å². The number of para-hydroxylation sites is 1. The molecule has 0 aliphatic rings. The molecule has 4 heteroatoms. The first-order valence-corrected chi connectivity index (χ1v) is 6.88. The van der Waals surface area contributed by atoms with E-state index in [4.69, 9.17) is 15.1 Å². The van der Waals surface area contributed by atoms with Crippen molar-refractivity contribution in [3.63, 3.8) is 0 Å². The summed E-state index contributed by atoms with van der Waals surface area (Å²) >= 11 is 0. The van der Waals surface area contributed by atoms with Gasteiger partial charge in [-0.3, -0.25) is 4.40 Å². The van der Waals surface area contributed by atoms with Gasteiger partial charge in [-0.25, -0.2) is 4.98 Å². The molecule has 0 aliphatic carbocycles. The number of aromatic nitrogens is 2. The van der Waals surface area contributed by atoms with E-state index in [2.05, 4.69) is 0 Å². The zero-order valence-electron chi connectivity index (χ0n) is 11.9. The maximum atomic E-state index is 6.32. The van der Waals surface area contributed by atoms with Gasteiger partial charge in [0.2, 0.25) is 0 Å². The summed E-state index contributed by atoms with van der Waals surface area (Å²) in [7, 11) is 0. The molecule has 4 aromatic rings. The molecule has 21 heavy (non-hydrogen) atoms. The number of rotatable bonds is 1. The minimum absolute atomic E-state index is 0.642. The molecule has 0 unspecified atom stereocenters. The van der Waals surface area contributed by atoms with Gasteiger partial charge in [0.05, 0.1) is 5.56 Å². The Labute approximate surface area is 121 Å². The lowest BCUT2D eigenvalue weighted by molar-refractivity contribution is 0.580. The number of nitrogen functional groups attached to an aromatic ring is 1.